The Morgan fingerprint density at radius 3 is 2.38 bits per heavy atom. The molecule has 168 valence electrons. The number of thioether (sulfide) groups is 1. The van der Waals surface area contributed by atoms with Gasteiger partial charge in [0.25, 0.3) is 0 Å². The number of nitrogens with one attached hydrogen (secondary N) is 1. The number of halogens is 3. The van der Waals surface area contributed by atoms with E-state index in [-0.39, 0.29) is 16.8 Å². The first kappa shape index (κ1) is 22.3. The van der Waals surface area contributed by atoms with Crippen LogP contribution in [0.1, 0.15) is 12.8 Å². The Hall–Kier alpha value is -2.94. The third-order valence-electron chi connectivity index (χ3n) is 5.18. The number of benzene rings is 2. The molecular formula is C23H23F3N4OS. The molecule has 9 heteroatoms. The van der Waals surface area contributed by atoms with Crippen LogP contribution in [0.4, 0.5) is 24.5 Å². The SMILES string of the molecule is O=C(CSc1ncc(-c2ccccc2)n1CC(F)(F)F)Nc1ccc(N2CCCC2)cc1. The fraction of sp³-hybridized carbons (Fsp3) is 0.304. The summed E-state index contributed by atoms with van der Waals surface area (Å²) in [7, 11) is 0. The predicted molar refractivity (Wildman–Crippen MR) is 121 cm³/mol. The molecule has 0 aliphatic carbocycles. The zero-order valence-electron chi connectivity index (χ0n) is 17.3. The molecule has 0 atom stereocenters. The van der Waals surface area contributed by atoms with E-state index in [1.165, 1.54) is 19.0 Å². The molecule has 2 heterocycles. The van der Waals surface area contributed by atoms with Crippen LogP contribution in [0.25, 0.3) is 11.3 Å². The molecule has 0 saturated carbocycles. The highest BCUT2D eigenvalue weighted by atomic mass is 32.2. The van der Waals surface area contributed by atoms with Crippen molar-refractivity contribution in [1.82, 2.24) is 9.55 Å². The molecular weight excluding hydrogens is 437 g/mol. The molecule has 5 nitrogen and oxygen atoms in total. The number of hydrogen-bond donors (Lipinski definition) is 1. The number of carbonyl (C=O) groups excluding carboxylic acids is 1. The summed E-state index contributed by atoms with van der Waals surface area (Å²) in [6.07, 6.45) is -0.616. The maximum absolute atomic E-state index is 13.2. The minimum Gasteiger partial charge on any atom is -0.372 e. The van der Waals surface area contributed by atoms with E-state index in [4.69, 9.17) is 0 Å². The highest BCUT2D eigenvalue weighted by molar-refractivity contribution is 7.99. The third kappa shape index (κ3) is 5.64. The quantitative estimate of drug-likeness (QED) is 0.477. The van der Waals surface area contributed by atoms with Crippen LogP contribution in [0.5, 0.6) is 0 Å². The summed E-state index contributed by atoms with van der Waals surface area (Å²) in [5.74, 6) is -0.344. The average Bonchev–Trinajstić information content (AvgIpc) is 3.43. The molecule has 1 amide bonds. The highest BCUT2D eigenvalue weighted by Crippen LogP contribution is 2.30. The molecule has 1 aliphatic rings. The van der Waals surface area contributed by atoms with Gasteiger partial charge < -0.3 is 14.8 Å². The van der Waals surface area contributed by atoms with Gasteiger partial charge in [0.15, 0.2) is 5.16 Å². The van der Waals surface area contributed by atoms with Crippen LogP contribution in [0.2, 0.25) is 0 Å². The zero-order chi connectivity index (χ0) is 22.6. The van der Waals surface area contributed by atoms with Crippen LogP contribution in [-0.2, 0) is 11.3 Å². The standard InChI is InChI=1S/C23H23F3N4OS/c24-23(25,26)16-30-20(17-6-2-1-3-7-17)14-27-22(30)32-15-21(31)28-18-8-10-19(11-9-18)29-12-4-5-13-29/h1-3,6-11,14H,4-5,12-13,15-16H2,(H,28,31). The third-order valence-corrected chi connectivity index (χ3v) is 6.17. The number of rotatable bonds is 7. The average molecular weight is 461 g/mol. The van der Waals surface area contributed by atoms with E-state index in [0.29, 0.717) is 16.9 Å². The van der Waals surface area contributed by atoms with Crippen molar-refractivity contribution >= 4 is 29.0 Å². The Labute approximate surface area is 188 Å². The van der Waals surface area contributed by atoms with Gasteiger partial charge in [0.05, 0.1) is 17.6 Å². The van der Waals surface area contributed by atoms with Crippen molar-refractivity contribution < 1.29 is 18.0 Å². The van der Waals surface area contributed by atoms with Crippen molar-refractivity contribution in [3.63, 3.8) is 0 Å². The van der Waals surface area contributed by atoms with E-state index < -0.39 is 12.7 Å². The number of alkyl halides is 3. The molecule has 2 aromatic carbocycles. The van der Waals surface area contributed by atoms with Crippen LogP contribution >= 0.6 is 11.8 Å². The lowest BCUT2D eigenvalue weighted by Gasteiger charge is -2.17. The van der Waals surface area contributed by atoms with Gasteiger partial charge in [-0.2, -0.15) is 13.2 Å². The number of carbonyl (C=O) groups is 1. The van der Waals surface area contributed by atoms with Crippen molar-refractivity contribution in [3.8, 4) is 11.3 Å². The topological polar surface area (TPSA) is 50.2 Å². The summed E-state index contributed by atoms with van der Waals surface area (Å²) in [4.78, 5) is 18.8. The molecule has 1 aliphatic heterocycles. The molecule has 0 bridgehead atoms. The second kappa shape index (κ2) is 9.68. The van der Waals surface area contributed by atoms with E-state index in [0.717, 1.165) is 35.1 Å². The van der Waals surface area contributed by atoms with Crippen LogP contribution < -0.4 is 10.2 Å². The minimum atomic E-state index is -4.40. The molecule has 0 radical (unpaired) electrons. The van der Waals surface area contributed by atoms with Gasteiger partial charge in [-0.15, -0.1) is 0 Å². The first-order chi connectivity index (χ1) is 15.4. The van der Waals surface area contributed by atoms with Gasteiger partial charge in [-0.1, -0.05) is 42.1 Å². The van der Waals surface area contributed by atoms with Gasteiger partial charge in [0, 0.05) is 24.5 Å². The van der Waals surface area contributed by atoms with E-state index in [1.54, 1.807) is 30.3 Å². The van der Waals surface area contributed by atoms with Gasteiger partial charge in [0.2, 0.25) is 5.91 Å². The predicted octanol–water partition coefficient (Wildman–Crippen LogP) is 5.44. The second-order valence-corrected chi connectivity index (χ2v) is 8.51. The minimum absolute atomic E-state index is 0.0447. The van der Waals surface area contributed by atoms with Gasteiger partial charge in [-0.05, 0) is 42.7 Å². The summed E-state index contributed by atoms with van der Waals surface area (Å²) in [6.45, 7) is 0.912. The van der Waals surface area contributed by atoms with E-state index in [1.807, 2.05) is 24.3 Å². The molecule has 1 fully saturated rings. The van der Waals surface area contributed by atoms with Gasteiger partial charge in [-0.25, -0.2) is 4.98 Å². The summed E-state index contributed by atoms with van der Waals surface area (Å²) in [5, 5.41) is 2.95. The normalized spacial score (nSPS) is 14.0. The summed E-state index contributed by atoms with van der Waals surface area (Å²) >= 11 is 0.986. The lowest BCUT2D eigenvalue weighted by molar-refractivity contribution is -0.141. The van der Waals surface area contributed by atoms with E-state index >= 15 is 0 Å². The Bertz CT molecular complexity index is 1050. The van der Waals surface area contributed by atoms with Crippen molar-refractivity contribution in [3.05, 3.63) is 60.8 Å². The lowest BCUT2D eigenvalue weighted by atomic mass is 10.2. The largest absolute Gasteiger partial charge is 0.406 e. The van der Waals surface area contributed by atoms with E-state index in [9.17, 15) is 18.0 Å². The van der Waals surface area contributed by atoms with Gasteiger partial charge >= 0.3 is 6.18 Å². The molecule has 1 N–H and O–H groups in total. The number of anilines is 2. The van der Waals surface area contributed by atoms with Crippen molar-refractivity contribution in [2.45, 2.75) is 30.7 Å². The van der Waals surface area contributed by atoms with Crippen molar-refractivity contribution in [2.75, 3.05) is 29.1 Å². The van der Waals surface area contributed by atoms with Crippen molar-refractivity contribution in [2.24, 2.45) is 0 Å². The number of imidazole rings is 1. The monoisotopic (exact) mass is 460 g/mol. The molecule has 0 unspecified atom stereocenters. The molecule has 32 heavy (non-hydrogen) atoms. The first-order valence-corrected chi connectivity index (χ1v) is 11.3. The van der Waals surface area contributed by atoms with Gasteiger partial charge in [0.1, 0.15) is 6.54 Å². The van der Waals surface area contributed by atoms with Crippen LogP contribution in [0, 0.1) is 0 Å². The molecule has 4 rings (SSSR count). The number of hydrogen-bond acceptors (Lipinski definition) is 4. The van der Waals surface area contributed by atoms with Crippen LogP contribution in [-0.4, -0.2) is 40.5 Å². The maximum atomic E-state index is 13.2. The number of amides is 1. The second-order valence-electron chi connectivity index (χ2n) is 7.57. The summed E-state index contributed by atoms with van der Waals surface area (Å²) < 4.78 is 40.7. The van der Waals surface area contributed by atoms with Crippen molar-refractivity contribution in [1.29, 1.82) is 0 Å². The van der Waals surface area contributed by atoms with E-state index in [2.05, 4.69) is 15.2 Å². The Morgan fingerprint density at radius 1 is 1.03 bits per heavy atom. The lowest BCUT2D eigenvalue weighted by Crippen LogP contribution is -2.20. The molecule has 1 aromatic heterocycles. The Kier molecular flexibility index (Phi) is 6.74. The molecule has 1 saturated heterocycles. The number of nitrogens with zero attached hydrogens (tertiary/aromatic N) is 3. The van der Waals surface area contributed by atoms with Crippen LogP contribution in [0.15, 0.2) is 66.0 Å². The fourth-order valence-corrected chi connectivity index (χ4v) is 4.48. The first-order valence-electron chi connectivity index (χ1n) is 10.3. The summed E-state index contributed by atoms with van der Waals surface area (Å²) in [6, 6.07) is 16.4. The zero-order valence-corrected chi connectivity index (χ0v) is 18.1. The molecule has 3 aromatic rings. The molecule has 0 spiro atoms. The van der Waals surface area contributed by atoms with Gasteiger partial charge in [-0.3, -0.25) is 4.79 Å². The highest BCUT2D eigenvalue weighted by Gasteiger charge is 2.31. The summed E-state index contributed by atoms with van der Waals surface area (Å²) in [5.41, 5.74) is 2.78. The Morgan fingerprint density at radius 2 is 1.72 bits per heavy atom. The number of aromatic nitrogens is 2. The van der Waals surface area contributed by atoms with Crippen LogP contribution in [0.3, 0.4) is 0 Å². The smallest absolute Gasteiger partial charge is 0.372 e. The fourth-order valence-electron chi connectivity index (χ4n) is 3.70. The Balaban J connectivity index is 1.41. The maximum Gasteiger partial charge on any atom is 0.406 e.